The summed E-state index contributed by atoms with van der Waals surface area (Å²) in [6, 6.07) is 13.4. The van der Waals surface area contributed by atoms with Crippen molar-refractivity contribution in [2.75, 3.05) is 30.3 Å². The Morgan fingerprint density at radius 3 is 2.55 bits per heavy atom. The van der Waals surface area contributed by atoms with Crippen molar-refractivity contribution in [2.45, 2.75) is 51.6 Å². The first-order valence-electron chi connectivity index (χ1n) is 14.8. The van der Waals surface area contributed by atoms with E-state index >= 15 is 4.39 Å². The van der Waals surface area contributed by atoms with Crippen molar-refractivity contribution in [1.29, 1.82) is 0 Å². The molecule has 1 atom stereocenters. The zero-order valence-corrected chi connectivity index (χ0v) is 25.8. The fourth-order valence-electron chi connectivity index (χ4n) is 6.37. The van der Waals surface area contributed by atoms with Gasteiger partial charge in [0, 0.05) is 25.0 Å². The highest BCUT2D eigenvalue weighted by Crippen LogP contribution is 2.39. The Morgan fingerprint density at radius 2 is 1.80 bits per heavy atom. The first-order chi connectivity index (χ1) is 21.0. The highest BCUT2D eigenvalue weighted by atomic mass is 32.1. The molecule has 1 saturated heterocycles. The van der Waals surface area contributed by atoms with E-state index < -0.39 is 17.4 Å². The maximum Gasteiger partial charge on any atom is 0.295 e. The number of aromatic nitrogens is 2. The van der Waals surface area contributed by atoms with Crippen LogP contribution in [0.5, 0.6) is 0 Å². The van der Waals surface area contributed by atoms with Crippen LogP contribution in [0.2, 0.25) is 0 Å². The van der Waals surface area contributed by atoms with Gasteiger partial charge in [-0.2, -0.15) is 0 Å². The molecule has 0 bridgehead atoms. The van der Waals surface area contributed by atoms with Crippen LogP contribution in [0, 0.1) is 19.7 Å². The normalized spacial score (nSPS) is 18.3. The predicted molar refractivity (Wildman–Crippen MR) is 168 cm³/mol. The number of hydrogen-bond donors (Lipinski definition) is 2. The average Bonchev–Trinajstić information content (AvgIpc) is 3.61. The molecule has 2 N–H and O–H groups in total. The van der Waals surface area contributed by atoms with Crippen molar-refractivity contribution in [2.24, 2.45) is 7.05 Å². The number of hydrogen-bond acceptors (Lipinski definition) is 5. The lowest BCUT2D eigenvalue weighted by Crippen LogP contribution is -2.34. The number of nitrogens with one attached hydrogen (secondary N) is 2. The number of aryl methyl sites for hydroxylation is 2. The van der Waals surface area contributed by atoms with E-state index in [9.17, 15) is 18.8 Å². The Morgan fingerprint density at radius 1 is 1.05 bits per heavy atom. The minimum Gasteiger partial charge on any atom is -0.316 e. The van der Waals surface area contributed by atoms with E-state index in [0.29, 0.717) is 40.5 Å². The SMILES string of the molecule is Cc1cc(F)cc(C2(F)CCN(CC(=O)Nc3sc4c(c3C(=O)Nc3c(C)n(C)n(-c5ccccc5)c3=O)CCCC4)C2)c1. The molecule has 1 unspecified atom stereocenters. The standard InChI is InChI=1S/C33H35F2N5O3S/c1-20-15-22(17-23(34)16-20)33(35)13-14-39(19-33)18-27(41)36-31-28(25-11-7-8-12-26(25)44-31)30(42)37-29-21(2)38(3)40(32(29)43)24-9-5-4-6-10-24/h4-6,9-10,15-17H,7-8,11-14,18-19H2,1-3H3,(H,36,41)(H,37,42). The monoisotopic (exact) mass is 619 g/mol. The molecule has 2 aliphatic rings. The summed E-state index contributed by atoms with van der Waals surface area (Å²) in [7, 11) is 1.76. The lowest BCUT2D eigenvalue weighted by atomic mass is 9.93. The fraction of sp³-hybridized carbons (Fsp3) is 0.364. The minimum absolute atomic E-state index is 0.0292. The van der Waals surface area contributed by atoms with Gasteiger partial charge in [0.1, 0.15) is 22.2 Å². The third kappa shape index (κ3) is 5.61. The molecule has 44 heavy (non-hydrogen) atoms. The smallest absolute Gasteiger partial charge is 0.295 e. The van der Waals surface area contributed by atoms with Crippen molar-refractivity contribution in [3.63, 3.8) is 0 Å². The number of anilines is 2. The highest BCUT2D eigenvalue weighted by Gasteiger charge is 2.41. The molecular weight excluding hydrogens is 584 g/mol. The van der Waals surface area contributed by atoms with Gasteiger partial charge >= 0.3 is 0 Å². The number of halogens is 2. The van der Waals surface area contributed by atoms with E-state index in [1.807, 2.05) is 30.3 Å². The second kappa shape index (κ2) is 11.8. The van der Waals surface area contributed by atoms with Crippen LogP contribution in [-0.2, 0) is 30.4 Å². The number of carbonyl (C=O) groups excluding carboxylic acids is 2. The summed E-state index contributed by atoms with van der Waals surface area (Å²) in [5, 5.41) is 6.22. The summed E-state index contributed by atoms with van der Waals surface area (Å²) in [6.45, 7) is 3.74. The van der Waals surface area contributed by atoms with E-state index in [0.717, 1.165) is 29.7 Å². The van der Waals surface area contributed by atoms with Crippen LogP contribution in [0.1, 0.15) is 56.9 Å². The maximum atomic E-state index is 15.8. The lowest BCUT2D eigenvalue weighted by Gasteiger charge is -2.22. The summed E-state index contributed by atoms with van der Waals surface area (Å²) in [5.41, 5.74) is 1.56. The molecule has 11 heteroatoms. The molecule has 2 amide bonds. The van der Waals surface area contributed by atoms with Crippen molar-refractivity contribution in [1.82, 2.24) is 14.3 Å². The Labute approximate surface area is 258 Å². The van der Waals surface area contributed by atoms with Gasteiger partial charge in [0.15, 0.2) is 0 Å². The molecule has 2 aromatic heterocycles. The van der Waals surface area contributed by atoms with Crippen molar-refractivity contribution in [3.05, 3.63) is 97.5 Å². The molecule has 1 aliphatic heterocycles. The third-order valence-corrected chi connectivity index (χ3v) is 9.88. The van der Waals surface area contributed by atoms with Crippen LogP contribution >= 0.6 is 11.3 Å². The van der Waals surface area contributed by atoms with Crippen LogP contribution in [0.3, 0.4) is 0 Å². The molecule has 4 aromatic rings. The molecule has 6 rings (SSSR count). The minimum atomic E-state index is -1.75. The van der Waals surface area contributed by atoms with Crippen LogP contribution in [0.15, 0.2) is 53.3 Å². The van der Waals surface area contributed by atoms with Crippen molar-refractivity contribution in [3.8, 4) is 5.69 Å². The third-order valence-electron chi connectivity index (χ3n) is 8.67. The van der Waals surface area contributed by atoms with Crippen molar-refractivity contribution >= 4 is 33.8 Å². The summed E-state index contributed by atoms with van der Waals surface area (Å²) < 4.78 is 33.0. The zero-order valence-electron chi connectivity index (χ0n) is 25.0. The second-order valence-corrected chi connectivity index (χ2v) is 12.9. The number of carbonyl (C=O) groups is 2. The van der Waals surface area contributed by atoms with E-state index in [-0.39, 0.29) is 42.2 Å². The largest absolute Gasteiger partial charge is 0.316 e. The first-order valence-corrected chi connectivity index (χ1v) is 15.6. The Balaban J connectivity index is 1.22. The van der Waals surface area contributed by atoms with E-state index in [1.54, 1.807) is 36.5 Å². The number of fused-ring (bicyclic) bond motifs is 1. The van der Waals surface area contributed by atoms with Crippen LogP contribution < -0.4 is 16.2 Å². The topological polar surface area (TPSA) is 88.4 Å². The Bertz CT molecular complexity index is 1790. The fourth-order valence-corrected chi connectivity index (χ4v) is 7.67. The molecule has 8 nitrogen and oxygen atoms in total. The van der Waals surface area contributed by atoms with Gasteiger partial charge in [-0.3, -0.25) is 24.0 Å². The molecule has 0 radical (unpaired) electrons. The number of thiophene rings is 1. The van der Waals surface area contributed by atoms with Gasteiger partial charge in [0.2, 0.25) is 5.91 Å². The van der Waals surface area contributed by atoms with Gasteiger partial charge in [0.25, 0.3) is 11.5 Å². The second-order valence-electron chi connectivity index (χ2n) is 11.8. The van der Waals surface area contributed by atoms with Gasteiger partial charge < -0.3 is 10.6 Å². The number of likely N-dealkylation sites (tertiary alicyclic amines) is 1. The maximum absolute atomic E-state index is 15.8. The van der Waals surface area contributed by atoms with Gasteiger partial charge in [-0.1, -0.05) is 24.3 Å². The predicted octanol–water partition coefficient (Wildman–Crippen LogP) is 5.63. The molecule has 1 aliphatic carbocycles. The van der Waals surface area contributed by atoms with Gasteiger partial charge in [-0.15, -0.1) is 11.3 Å². The summed E-state index contributed by atoms with van der Waals surface area (Å²) in [6.07, 6.45) is 3.59. The van der Waals surface area contributed by atoms with E-state index in [1.165, 1.54) is 28.2 Å². The molecule has 0 spiro atoms. The summed E-state index contributed by atoms with van der Waals surface area (Å²) in [4.78, 5) is 43.3. The quantitative estimate of drug-likeness (QED) is 0.281. The number of nitrogens with zero attached hydrogens (tertiary/aromatic N) is 3. The number of rotatable bonds is 7. The molecule has 0 saturated carbocycles. The number of para-hydroxylation sites is 1. The highest BCUT2D eigenvalue weighted by molar-refractivity contribution is 7.17. The van der Waals surface area contributed by atoms with Crippen LogP contribution in [-0.4, -0.2) is 45.7 Å². The first kappa shape index (κ1) is 30.0. The van der Waals surface area contributed by atoms with Crippen LogP contribution in [0.25, 0.3) is 5.69 Å². The van der Waals surface area contributed by atoms with Crippen LogP contribution in [0.4, 0.5) is 19.5 Å². The zero-order chi connectivity index (χ0) is 31.2. The Hall–Kier alpha value is -4.09. The van der Waals surface area contributed by atoms with Crippen molar-refractivity contribution < 1.29 is 18.4 Å². The Kier molecular flexibility index (Phi) is 8.02. The average molecular weight is 620 g/mol. The number of amides is 2. The lowest BCUT2D eigenvalue weighted by molar-refractivity contribution is -0.117. The molecule has 3 heterocycles. The summed E-state index contributed by atoms with van der Waals surface area (Å²) >= 11 is 1.38. The van der Waals surface area contributed by atoms with E-state index in [2.05, 4.69) is 10.6 Å². The summed E-state index contributed by atoms with van der Waals surface area (Å²) in [5.74, 6) is -1.29. The van der Waals surface area contributed by atoms with E-state index in [4.69, 9.17) is 0 Å². The molecule has 230 valence electrons. The van der Waals surface area contributed by atoms with Gasteiger partial charge in [-0.05, 0) is 86.9 Å². The van der Waals surface area contributed by atoms with Gasteiger partial charge in [0.05, 0.1) is 23.5 Å². The van der Waals surface area contributed by atoms with Gasteiger partial charge in [-0.25, -0.2) is 13.5 Å². The molecule has 2 aromatic carbocycles. The molecule has 1 fully saturated rings. The number of alkyl halides is 1. The number of benzene rings is 2. The molecular formula is C33H35F2N5O3S.